The summed E-state index contributed by atoms with van der Waals surface area (Å²) in [5.74, 6) is -0.951. The van der Waals surface area contributed by atoms with Gasteiger partial charge < -0.3 is 9.84 Å². The number of aliphatic carboxylic acids is 1. The number of hydrogen-bond acceptors (Lipinski definition) is 2. The standard InChI is InChI=1S/C12H15BrO3/c1-12(2,10(16-3)11(14)15)8-5-4-6-9(13)7-8/h4-7,10H,1-3H3,(H,14,15). The number of hydrogen-bond donors (Lipinski definition) is 1. The van der Waals surface area contributed by atoms with Gasteiger partial charge in [-0.15, -0.1) is 0 Å². The smallest absolute Gasteiger partial charge is 0.333 e. The lowest BCUT2D eigenvalue weighted by molar-refractivity contribution is -0.152. The summed E-state index contributed by atoms with van der Waals surface area (Å²) in [6.45, 7) is 3.72. The van der Waals surface area contributed by atoms with Crippen molar-refractivity contribution in [1.82, 2.24) is 0 Å². The van der Waals surface area contributed by atoms with Gasteiger partial charge in [0.15, 0.2) is 6.10 Å². The summed E-state index contributed by atoms with van der Waals surface area (Å²) in [7, 11) is 1.42. The normalized spacial score (nSPS) is 13.5. The van der Waals surface area contributed by atoms with E-state index in [9.17, 15) is 4.79 Å². The number of benzene rings is 1. The first-order valence-corrected chi connectivity index (χ1v) is 5.70. The Kier molecular flexibility index (Phi) is 4.10. The van der Waals surface area contributed by atoms with Gasteiger partial charge in [-0.3, -0.25) is 0 Å². The van der Waals surface area contributed by atoms with Gasteiger partial charge >= 0.3 is 5.97 Å². The quantitative estimate of drug-likeness (QED) is 0.926. The van der Waals surface area contributed by atoms with E-state index in [-0.39, 0.29) is 0 Å². The Hall–Kier alpha value is -0.870. The van der Waals surface area contributed by atoms with E-state index in [0.717, 1.165) is 10.0 Å². The molecule has 0 spiro atoms. The van der Waals surface area contributed by atoms with E-state index < -0.39 is 17.5 Å². The van der Waals surface area contributed by atoms with Crippen molar-refractivity contribution in [2.24, 2.45) is 0 Å². The topological polar surface area (TPSA) is 46.5 Å². The number of carbonyl (C=O) groups is 1. The molecule has 0 bridgehead atoms. The highest BCUT2D eigenvalue weighted by atomic mass is 79.9. The maximum absolute atomic E-state index is 11.1. The molecule has 1 aromatic carbocycles. The van der Waals surface area contributed by atoms with Crippen LogP contribution in [0.4, 0.5) is 0 Å². The molecule has 0 saturated heterocycles. The Morgan fingerprint density at radius 3 is 2.56 bits per heavy atom. The van der Waals surface area contributed by atoms with Crippen LogP contribution in [0.25, 0.3) is 0 Å². The second-order valence-corrected chi connectivity index (χ2v) is 5.10. The molecule has 0 aliphatic carbocycles. The van der Waals surface area contributed by atoms with Gasteiger partial charge in [0.05, 0.1) is 0 Å². The van der Waals surface area contributed by atoms with E-state index in [1.807, 2.05) is 38.1 Å². The molecule has 0 saturated carbocycles. The average molecular weight is 287 g/mol. The van der Waals surface area contributed by atoms with Gasteiger partial charge in [-0.25, -0.2) is 4.79 Å². The van der Waals surface area contributed by atoms with Gasteiger partial charge in [-0.05, 0) is 17.7 Å². The molecule has 1 N–H and O–H groups in total. The minimum atomic E-state index is -0.951. The Balaban J connectivity index is 3.13. The molecule has 0 aromatic heterocycles. The summed E-state index contributed by atoms with van der Waals surface area (Å²) >= 11 is 3.37. The lowest BCUT2D eigenvalue weighted by atomic mass is 9.79. The van der Waals surface area contributed by atoms with Crippen LogP contribution in [0.2, 0.25) is 0 Å². The Bertz CT molecular complexity index is 388. The van der Waals surface area contributed by atoms with Crippen LogP contribution < -0.4 is 0 Å². The molecule has 3 nitrogen and oxygen atoms in total. The van der Waals surface area contributed by atoms with Crippen LogP contribution in [0.3, 0.4) is 0 Å². The first-order valence-electron chi connectivity index (χ1n) is 4.91. The zero-order valence-corrected chi connectivity index (χ0v) is 11.1. The summed E-state index contributed by atoms with van der Waals surface area (Å²) in [6, 6.07) is 7.60. The Morgan fingerprint density at radius 2 is 2.12 bits per heavy atom. The van der Waals surface area contributed by atoms with Gasteiger partial charge in [0.1, 0.15) is 0 Å². The van der Waals surface area contributed by atoms with Crippen LogP contribution in [0.1, 0.15) is 19.4 Å². The van der Waals surface area contributed by atoms with E-state index >= 15 is 0 Å². The molecule has 16 heavy (non-hydrogen) atoms. The highest BCUT2D eigenvalue weighted by Crippen LogP contribution is 2.30. The van der Waals surface area contributed by atoms with Crippen LogP contribution in [0.15, 0.2) is 28.7 Å². The minimum absolute atomic E-state index is 0.579. The third kappa shape index (κ3) is 2.62. The van der Waals surface area contributed by atoms with Crippen molar-refractivity contribution >= 4 is 21.9 Å². The highest BCUT2D eigenvalue weighted by molar-refractivity contribution is 9.10. The number of methoxy groups -OCH3 is 1. The van der Waals surface area contributed by atoms with E-state index in [0.29, 0.717) is 0 Å². The average Bonchev–Trinajstić information content (AvgIpc) is 2.17. The van der Waals surface area contributed by atoms with Gasteiger partial charge in [-0.2, -0.15) is 0 Å². The molecule has 0 radical (unpaired) electrons. The maximum Gasteiger partial charge on any atom is 0.333 e. The number of ether oxygens (including phenoxy) is 1. The highest BCUT2D eigenvalue weighted by Gasteiger charge is 2.36. The van der Waals surface area contributed by atoms with Crippen LogP contribution in [-0.2, 0) is 14.9 Å². The molecule has 0 aliphatic rings. The monoisotopic (exact) mass is 286 g/mol. The molecule has 1 atom stereocenters. The predicted molar refractivity (Wildman–Crippen MR) is 65.6 cm³/mol. The Labute approximate surface area is 104 Å². The molecule has 1 aromatic rings. The van der Waals surface area contributed by atoms with Crippen LogP contribution >= 0.6 is 15.9 Å². The predicted octanol–water partition coefficient (Wildman–Crippen LogP) is 2.83. The second kappa shape index (κ2) is 4.97. The van der Waals surface area contributed by atoms with Crippen molar-refractivity contribution in [2.75, 3.05) is 7.11 Å². The molecule has 0 aliphatic heterocycles. The molecule has 1 rings (SSSR count). The fourth-order valence-corrected chi connectivity index (χ4v) is 2.14. The molecule has 4 heteroatoms. The van der Waals surface area contributed by atoms with Crippen molar-refractivity contribution in [3.05, 3.63) is 34.3 Å². The van der Waals surface area contributed by atoms with Crippen LogP contribution in [0.5, 0.6) is 0 Å². The van der Waals surface area contributed by atoms with E-state index in [1.54, 1.807) is 0 Å². The fourth-order valence-electron chi connectivity index (χ4n) is 1.74. The number of carboxylic acids is 1. The SMILES string of the molecule is COC(C(=O)O)C(C)(C)c1cccc(Br)c1. The largest absolute Gasteiger partial charge is 0.479 e. The molecule has 0 heterocycles. The zero-order valence-electron chi connectivity index (χ0n) is 9.53. The second-order valence-electron chi connectivity index (χ2n) is 4.19. The molecule has 1 unspecified atom stereocenters. The van der Waals surface area contributed by atoms with Gasteiger partial charge in [0.2, 0.25) is 0 Å². The fraction of sp³-hybridized carbons (Fsp3) is 0.417. The molecule has 0 fully saturated rings. The van der Waals surface area contributed by atoms with Crippen molar-refractivity contribution < 1.29 is 14.6 Å². The van der Waals surface area contributed by atoms with Crippen LogP contribution in [-0.4, -0.2) is 24.3 Å². The lowest BCUT2D eigenvalue weighted by Gasteiger charge is -2.30. The first kappa shape index (κ1) is 13.2. The van der Waals surface area contributed by atoms with Crippen LogP contribution in [0, 0.1) is 0 Å². The van der Waals surface area contributed by atoms with E-state index in [1.165, 1.54) is 7.11 Å². The van der Waals surface area contributed by atoms with E-state index in [2.05, 4.69) is 15.9 Å². The summed E-state index contributed by atoms with van der Waals surface area (Å²) in [5.41, 5.74) is 0.348. The van der Waals surface area contributed by atoms with Crippen molar-refractivity contribution in [1.29, 1.82) is 0 Å². The van der Waals surface area contributed by atoms with Gasteiger partial charge in [0, 0.05) is 17.0 Å². The third-order valence-electron chi connectivity index (χ3n) is 2.68. The number of carboxylic acid groups (broad SMARTS) is 1. The molecule has 88 valence electrons. The van der Waals surface area contributed by atoms with Gasteiger partial charge in [0.25, 0.3) is 0 Å². The van der Waals surface area contributed by atoms with Crippen molar-refractivity contribution in [3.63, 3.8) is 0 Å². The summed E-state index contributed by atoms with van der Waals surface area (Å²) < 4.78 is 5.98. The Morgan fingerprint density at radius 1 is 1.50 bits per heavy atom. The molecular formula is C12H15BrO3. The number of halogens is 1. The lowest BCUT2D eigenvalue weighted by Crippen LogP contribution is -2.41. The first-order chi connectivity index (χ1) is 7.39. The zero-order chi connectivity index (χ0) is 12.3. The maximum atomic E-state index is 11.1. The summed E-state index contributed by atoms with van der Waals surface area (Å²) in [6.07, 6.45) is -0.859. The van der Waals surface area contributed by atoms with E-state index in [4.69, 9.17) is 9.84 Å². The summed E-state index contributed by atoms with van der Waals surface area (Å²) in [5, 5.41) is 9.10. The molecular weight excluding hydrogens is 272 g/mol. The summed E-state index contributed by atoms with van der Waals surface area (Å²) in [4.78, 5) is 11.1. The van der Waals surface area contributed by atoms with Crippen molar-refractivity contribution in [3.8, 4) is 0 Å². The van der Waals surface area contributed by atoms with Gasteiger partial charge in [-0.1, -0.05) is 41.9 Å². The number of rotatable bonds is 4. The minimum Gasteiger partial charge on any atom is -0.479 e. The van der Waals surface area contributed by atoms with Crippen molar-refractivity contribution in [2.45, 2.75) is 25.4 Å². The molecule has 0 amide bonds. The third-order valence-corrected chi connectivity index (χ3v) is 3.18.